The Balaban J connectivity index is 1.64. The Hall–Kier alpha value is -2.86. The molecular weight excluding hydrogens is 324 g/mol. The van der Waals surface area contributed by atoms with Crippen LogP contribution in [0, 0.1) is 0 Å². The van der Waals surface area contributed by atoms with Gasteiger partial charge in [-0.05, 0) is 36.4 Å². The van der Waals surface area contributed by atoms with Crippen LogP contribution in [0.4, 0.5) is 0 Å². The molecule has 120 valence electrons. The third kappa shape index (κ3) is 2.72. The average Bonchev–Trinajstić information content (AvgIpc) is 3.26. The number of furan rings is 1. The number of aromatic nitrogens is 1. The van der Waals surface area contributed by atoms with Crippen molar-refractivity contribution >= 4 is 38.4 Å². The first-order chi connectivity index (χ1) is 11.7. The number of pyridine rings is 1. The molecular formula is C18H14N2O3S. The zero-order valence-corrected chi connectivity index (χ0v) is 13.7. The summed E-state index contributed by atoms with van der Waals surface area (Å²) in [5, 5.41) is 4.83. The first-order valence-corrected chi connectivity index (χ1v) is 8.23. The fourth-order valence-corrected chi connectivity index (χ4v) is 3.45. The molecule has 0 unspecified atom stereocenters. The Morgan fingerprint density at radius 3 is 2.96 bits per heavy atom. The van der Waals surface area contributed by atoms with Gasteiger partial charge in [0.1, 0.15) is 16.3 Å². The number of rotatable bonds is 4. The van der Waals surface area contributed by atoms with E-state index in [4.69, 9.17) is 9.15 Å². The summed E-state index contributed by atoms with van der Waals surface area (Å²) in [5.41, 5.74) is 0.853. The number of amides is 1. The minimum atomic E-state index is -0.129. The molecule has 0 fully saturated rings. The zero-order chi connectivity index (χ0) is 16.5. The predicted molar refractivity (Wildman–Crippen MR) is 93.6 cm³/mol. The minimum absolute atomic E-state index is 0.129. The quantitative estimate of drug-likeness (QED) is 0.611. The minimum Gasteiger partial charge on any atom is -0.497 e. The van der Waals surface area contributed by atoms with Gasteiger partial charge in [0.15, 0.2) is 0 Å². The Labute approximate surface area is 141 Å². The summed E-state index contributed by atoms with van der Waals surface area (Å²) in [6.45, 7) is 0.368. The molecule has 6 heteroatoms. The van der Waals surface area contributed by atoms with Crippen LogP contribution in [0.25, 0.3) is 21.1 Å². The van der Waals surface area contributed by atoms with Gasteiger partial charge < -0.3 is 14.5 Å². The highest BCUT2D eigenvalue weighted by Crippen LogP contribution is 2.29. The molecule has 0 aliphatic carbocycles. The Bertz CT molecular complexity index is 1020. The number of benzene rings is 1. The Kier molecular flexibility index (Phi) is 3.66. The van der Waals surface area contributed by atoms with Crippen LogP contribution in [0.1, 0.15) is 15.4 Å². The number of hydrogen-bond donors (Lipinski definition) is 1. The zero-order valence-electron chi connectivity index (χ0n) is 12.9. The lowest BCUT2D eigenvalue weighted by Crippen LogP contribution is -2.21. The summed E-state index contributed by atoms with van der Waals surface area (Å²) in [7, 11) is 1.63. The van der Waals surface area contributed by atoms with E-state index in [0.717, 1.165) is 32.6 Å². The van der Waals surface area contributed by atoms with Crippen molar-refractivity contribution in [1.29, 1.82) is 0 Å². The fraction of sp³-hybridized carbons (Fsp3) is 0.111. The molecule has 0 aliphatic heterocycles. The summed E-state index contributed by atoms with van der Waals surface area (Å²) in [5.74, 6) is 1.36. The fourth-order valence-electron chi connectivity index (χ4n) is 2.51. The SMILES string of the molecule is COc1ccc2cc3cc(C(=O)NCc4ccco4)sc3nc2c1. The predicted octanol–water partition coefficient (Wildman–Crippen LogP) is 3.98. The van der Waals surface area contributed by atoms with Gasteiger partial charge in [-0.1, -0.05) is 0 Å². The smallest absolute Gasteiger partial charge is 0.261 e. The number of hydrogen-bond acceptors (Lipinski definition) is 5. The van der Waals surface area contributed by atoms with E-state index in [2.05, 4.69) is 10.3 Å². The second-order valence-electron chi connectivity index (χ2n) is 5.31. The lowest BCUT2D eigenvalue weighted by molar-refractivity contribution is 0.0952. The first-order valence-electron chi connectivity index (χ1n) is 7.42. The largest absolute Gasteiger partial charge is 0.497 e. The highest BCUT2D eigenvalue weighted by molar-refractivity contribution is 7.20. The summed E-state index contributed by atoms with van der Waals surface area (Å²) < 4.78 is 10.5. The molecule has 3 aromatic heterocycles. The molecule has 4 aromatic rings. The van der Waals surface area contributed by atoms with Crippen LogP contribution in [0.15, 0.2) is 53.1 Å². The standard InChI is InChI=1S/C18H14N2O3S/c1-22-13-5-4-11-7-12-8-16(24-18(12)20-15(11)9-13)17(21)19-10-14-3-2-6-23-14/h2-9H,10H2,1H3,(H,19,21). The molecule has 4 rings (SSSR count). The Morgan fingerprint density at radius 1 is 1.25 bits per heavy atom. The van der Waals surface area contributed by atoms with Gasteiger partial charge >= 0.3 is 0 Å². The van der Waals surface area contributed by atoms with Crippen molar-refractivity contribution in [2.45, 2.75) is 6.54 Å². The topological polar surface area (TPSA) is 64.4 Å². The van der Waals surface area contributed by atoms with E-state index in [1.165, 1.54) is 11.3 Å². The molecule has 0 spiro atoms. The average molecular weight is 338 g/mol. The molecule has 24 heavy (non-hydrogen) atoms. The number of nitrogens with one attached hydrogen (secondary N) is 1. The van der Waals surface area contributed by atoms with Gasteiger partial charge in [0.05, 0.1) is 30.3 Å². The molecule has 0 radical (unpaired) electrons. The number of carbonyl (C=O) groups is 1. The van der Waals surface area contributed by atoms with Crippen molar-refractivity contribution in [3.05, 3.63) is 59.4 Å². The van der Waals surface area contributed by atoms with Crippen LogP contribution in [-0.4, -0.2) is 18.0 Å². The Morgan fingerprint density at radius 2 is 2.17 bits per heavy atom. The maximum Gasteiger partial charge on any atom is 0.261 e. The summed E-state index contributed by atoms with van der Waals surface area (Å²) >= 11 is 1.38. The van der Waals surface area contributed by atoms with Crippen LogP contribution >= 0.6 is 11.3 Å². The molecule has 3 heterocycles. The van der Waals surface area contributed by atoms with Crippen molar-refractivity contribution in [2.75, 3.05) is 7.11 Å². The summed E-state index contributed by atoms with van der Waals surface area (Å²) in [6.07, 6.45) is 1.59. The van der Waals surface area contributed by atoms with Gasteiger partial charge in [0.25, 0.3) is 5.91 Å². The second-order valence-corrected chi connectivity index (χ2v) is 6.34. The van der Waals surface area contributed by atoms with Crippen molar-refractivity contribution in [3.8, 4) is 5.75 Å². The molecule has 1 amide bonds. The van der Waals surface area contributed by atoms with Gasteiger partial charge in [-0.25, -0.2) is 4.98 Å². The second kappa shape index (κ2) is 5.98. The van der Waals surface area contributed by atoms with Gasteiger partial charge in [-0.3, -0.25) is 4.79 Å². The van der Waals surface area contributed by atoms with Crippen LogP contribution in [0.3, 0.4) is 0 Å². The van der Waals surface area contributed by atoms with E-state index in [-0.39, 0.29) is 5.91 Å². The molecule has 5 nitrogen and oxygen atoms in total. The number of methoxy groups -OCH3 is 1. The van der Waals surface area contributed by atoms with E-state index in [0.29, 0.717) is 11.4 Å². The molecule has 0 bridgehead atoms. The van der Waals surface area contributed by atoms with E-state index in [9.17, 15) is 4.79 Å². The van der Waals surface area contributed by atoms with E-state index in [1.54, 1.807) is 19.4 Å². The lowest BCUT2D eigenvalue weighted by Gasteiger charge is -2.01. The third-order valence-electron chi connectivity index (χ3n) is 3.74. The van der Waals surface area contributed by atoms with Crippen LogP contribution < -0.4 is 10.1 Å². The summed E-state index contributed by atoms with van der Waals surface area (Å²) in [6, 6.07) is 13.3. The molecule has 0 saturated heterocycles. The molecule has 1 N–H and O–H groups in total. The van der Waals surface area contributed by atoms with Gasteiger partial charge in [-0.2, -0.15) is 0 Å². The highest BCUT2D eigenvalue weighted by atomic mass is 32.1. The number of thiophene rings is 1. The van der Waals surface area contributed by atoms with E-state index >= 15 is 0 Å². The third-order valence-corrected chi connectivity index (χ3v) is 4.78. The monoisotopic (exact) mass is 338 g/mol. The molecule has 1 aromatic carbocycles. The lowest BCUT2D eigenvalue weighted by atomic mass is 10.2. The normalized spacial score (nSPS) is 11.0. The van der Waals surface area contributed by atoms with Crippen LogP contribution in [0.2, 0.25) is 0 Å². The van der Waals surface area contributed by atoms with E-state index < -0.39 is 0 Å². The number of ether oxygens (including phenoxy) is 1. The van der Waals surface area contributed by atoms with Crippen molar-refractivity contribution < 1.29 is 13.9 Å². The van der Waals surface area contributed by atoms with Gasteiger partial charge in [-0.15, -0.1) is 11.3 Å². The first kappa shape index (κ1) is 14.7. The molecule has 0 aliphatic rings. The molecule has 0 saturated carbocycles. The van der Waals surface area contributed by atoms with E-state index in [1.807, 2.05) is 36.4 Å². The van der Waals surface area contributed by atoms with Crippen LogP contribution in [-0.2, 0) is 6.54 Å². The van der Waals surface area contributed by atoms with Gasteiger partial charge in [0, 0.05) is 16.8 Å². The highest BCUT2D eigenvalue weighted by Gasteiger charge is 2.12. The maximum absolute atomic E-state index is 12.3. The van der Waals surface area contributed by atoms with Crippen LogP contribution in [0.5, 0.6) is 5.75 Å². The number of nitrogens with zero attached hydrogens (tertiary/aromatic N) is 1. The number of carbonyl (C=O) groups excluding carboxylic acids is 1. The van der Waals surface area contributed by atoms with Crippen molar-refractivity contribution in [1.82, 2.24) is 10.3 Å². The maximum atomic E-state index is 12.3. The molecule has 0 atom stereocenters. The van der Waals surface area contributed by atoms with Crippen molar-refractivity contribution in [2.24, 2.45) is 0 Å². The van der Waals surface area contributed by atoms with Crippen molar-refractivity contribution in [3.63, 3.8) is 0 Å². The summed E-state index contributed by atoms with van der Waals surface area (Å²) in [4.78, 5) is 18.4. The number of fused-ring (bicyclic) bond motifs is 2. The van der Waals surface area contributed by atoms with Gasteiger partial charge in [0.2, 0.25) is 0 Å².